The number of rotatable bonds is 28. The molecule has 0 aromatic carbocycles. The standard InChI is InChI=1S/C29H55N6O11PS/c1-2-3-20-47(41,48)46-24-7-4-22(5-8-24)28(39)35-25(29(40)33-13-15-43-17-19-45-31)9-11-27(38)34-23(21-36)6-10-26(37)32-12-14-42-16-18-44-30/h21-25H,2-20,30-31H2,1H3,(H,32,37)(H,33,40)(H,34,38)(H,35,39)(H,41,48). The molecule has 0 saturated heterocycles. The highest BCUT2D eigenvalue weighted by Gasteiger charge is 2.32. The number of nitrogens with one attached hydrogen (secondary N) is 4. The smallest absolute Gasteiger partial charge is 0.242 e. The van der Waals surface area contributed by atoms with Gasteiger partial charge >= 0.3 is 0 Å². The summed E-state index contributed by atoms with van der Waals surface area (Å²) in [6.45, 7) is 0.955. The zero-order chi connectivity index (χ0) is 35.6. The maximum absolute atomic E-state index is 13.2. The Morgan fingerprint density at radius 3 is 2.06 bits per heavy atom. The van der Waals surface area contributed by atoms with Gasteiger partial charge in [0.2, 0.25) is 23.6 Å². The molecule has 0 heterocycles. The minimum Gasteiger partial charge on any atom is -0.377 e. The molecule has 1 aliphatic rings. The van der Waals surface area contributed by atoms with Gasteiger partial charge in [-0.25, -0.2) is 11.8 Å². The Morgan fingerprint density at radius 1 is 0.875 bits per heavy atom. The van der Waals surface area contributed by atoms with Crippen LogP contribution in [0.4, 0.5) is 0 Å². The molecule has 1 fully saturated rings. The normalized spacial score (nSPS) is 18.6. The molecule has 0 aliphatic heterocycles. The molecule has 278 valence electrons. The van der Waals surface area contributed by atoms with Gasteiger partial charge < -0.3 is 54.6 Å². The van der Waals surface area contributed by atoms with Crippen molar-refractivity contribution < 1.29 is 52.5 Å². The monoisotopic (exact) mass is 726 g/mol. The van der Waals surface area contributed by atoms with E-state index in [1.807, 2.05) is 6.92 Å². The van der Waals surface area contributed by atoms with Gasteiger partial charge in [0.1, 0.15) is 12.3 Å². The Bertz CT molecular complexity index is 1010. The molecule has 0 aromatic rings. The zero-order valence-corrected chi connectivity index (χ0v) is 29.6. The third-order valence-corrected chi connectivity index (χ3v) is 9.76. The molecule has 1 rings (SSSR count). The lowest BCUT2D eigenvalue weighted by molar-refractivity contribution is -0.133. The van der Waals surface area contributed by atoms with Crippen LogP contribution in [0.2, 0.25) is 0 Å². The van der Waals surface area contributed by atoms with Gasteiger partial charge in [0.05, 0.1) is 51.8 Å². The molecule has 4 amide bonds. The average molecular weight is 727 g/mol. The van der Waals surface area contributed by atoms with Crippen LogP contribution in [-0.2, 0) is 59.5 Å². The van der Waals surface area contributed by atoms with Gasteiger partial charge in [-0.2, -0.15) is 0 Å². The molecule has 1 saturated carbocycles. The van der Waals surface area contributed by atoms with Crippen molar-refractivity contribution >= 4 is 48.2 Å². The van der Waals surface area contributed by atoms with Gasteiger partial charge in [0.25, 0.3) is 0 Å². The van der Waals surface area contributed by atoms with Crippen molar-refractivity contribution in [3.63, 3.8) is 0 Å². The summed E-state index contributed by atoms with van der Waals surface area (Å²) in [7, 11) is 0. The van der Waals surface area contributed by atoms with Crippen LogP contribution in [0, 0.1) is 5.92 Å². The first-order valence-electron chi connectivity index (χ1n) is 16.4. The highest BCUT2D eigenvalue weighted by molar-refractivity contribution is 8.09. The third kappa shape index (κ3) is 21.1. The van der Waals surface area contributed by atoms with Gasteiger partial charge in [0.15, 0.2) is 6.49 Å². The molecule has 0 bridgehead atoms. The second-order valence-electron chi connectivity index (χ2n) is 11.3. The number of hydrogen-bond acceptors (Lipinski definition) is 13. The Balaban J connectivity index is 2.63. The maximum atomic E-state index is 13.2. The van der Waals surface area contributed by atoms with Crippen LogP contribution in [0.25, 0.3) is 0 Å². The van der Waals surface area contributed by atoms with Crippen molar-refractivity contribution in [1.29, 1.82) is 0 Å². The van der Waals surface area contributed by atoms with Gasteiger partial charge in [-0.15, -0.1) is 0 Å². The fourth-order valence-corrected chi connectivity index (χ4v) is 7.04. The fraction of sp³-hybridized carbons (Fsp3) is 0.828. The summed E-state index contributed by atoms with van der Waals surface area (Å²) >= 11 is 5.28. The molecular formula is C29H55N6O11PS. The molecule has 48 heavy (non-hydrogen) atoms. The van der Waals surface area contributed by atoms with E-state index in [9.17, 15) is 28.9 Å². The van der Waals surface area contributed by atoms with Gasteiger partial charge in [-0.1, -0.05) is 13.3 Å². The van der Waals surface area contributed by atoms with E-state index in [0.717, 1.165) is 12.8 Å². The summed E-state index contributed by atoms with van der Waals surface area (Å²) in [5.41, 5.74) is 0. The molecule has 9 N–H and O–H groups in total. The van der Waals surface area contributed by atoms with Crippen molar-refractivity contribution in [2.75, 3.05) is 58.9 Å². The summed E-state index contributed by atoms with van der Waals surface area (Å²) in [4.78, 5) is 81.9. The number of unbranched alkanes of at least 4 members (excludes halogenated alkanes) is 1. The van der Waals surface area contributed by atoms with Crippen molar-refractivity contribution in [2.24, 2.45) is 17.7 Å². The Labute approximate surface area is 287 Å². The van der Waals surface area contributed by atoms with E-state index >= 15 is 0 Å². The van der Waals surface area contributed by atoms with E-state index in [1.54, 1.807) is 0 Å². The SMILES string of the molecule is CCCCP(O)(=S)OC1CCC(C(=O)NC(CCC(=O)NC(C=O)CCC(=O)NCCOCCON)C(=O)NCCOCCON)CC1. The first kappa shape index (κ1) is 43.9. The van der Waals surface area contributed by atoms with Crippen LogP contribution in [0.5, 0.6) is 0 Å². The van der Waals surface area contributed by atoms with E-state index in [1.165, 1.54) is 0 Å². The van der Waals surface area contributed by atoms with Crippen LogP contribution in [0.1, 0.15) is 71.1 Å². The van der Waals surface area contributed by atoms with E-state index in [0.29, 0.717) is 38.1 Å². The van der Waals surface area contributed by atoms with Crippen LogP contribution in [0.3, 0.4) is 0 Å². The number of ether oxygens (including phenoxy) is 2. The predicted octanol–water partition coefficient (Wildman–Crippen LogP) is -0.561. The third-order valence-electron chi connectivity index (χ3n) is 7.44. The van der Waals surface area contributed by atoms with Crippen LogP contribution in [-0.4, -0.2) is 112 Å². The second kappa shape index (κ2) is 26.7. The highest BCUT2D eigenvalue weighted by atomic mass is 32.5. The van der Waals surface area contributed by atoms with Crippen LogP contribution in [0.15, 0.2) is 0 Å². The van der Waals surface area contributed by atoms with Gasteiger partial charge in [0, 0.05) is 38.0 Å². The van der Waals surface area contributed by atoms with Crippen LogP contribution >= 0.6 is 6.49 Å². The lowest BCUT2D eigenvalue weighted by atomic mass is 9.86. The number of aldehydes is 1. The van der Waals surface area contributed by atoms with Gasteiger partial charge in [-0.3, -0.25) is 19.2 Å². The van der Waals surface area contributed by atoms with Crippen molar-refractivity contribution in [1.82, 2.24) is 21.3 Å². The zero-order valence-electron chi connectivity index (χ0n) is 27.9. The molecule has 1 aliphatic carbocycles. The molecule has 17 nitrogen and oxygen atoms in total. The molecular weight excluding hydrogens is 671 g/mol. The van der Waals surface area contributed by atoms with E-state index in [-0.39, 0.29) is 102 Å². The number of carbonyl (C=O) groups excluding carboxylic acids is 5. The number of amides is 4. The molecule has 0 radical (unpaired) electrons. The Morgan fingerprint density at radius 2 is 1.48 bits per heavy atom. The summed E-state index contributed by atoms with van der Waals surface area (Å²) < 4.78 is 16.3. The quantitative estimate of drug-likeness (QED) is 0.0231. The lowest BCUT2D eigenvalue weighted by Crippen LogP contribution is -2.50. The molecule has 0 aromatic heterocycles. The summed E-state index contributed by atoms with van der Waals surface area (Å²) in [5.74, 6) is 7.84. The van der Waals surface area contributed by atoms with Crippen molar-refractivity contribution in [2.45, 2.75) is 89.3 Å². The number of nitrogens with two attached hydrogens (primary N) is 2. The van der Waals surface area contributed by atoms with E-state index < -0.39 is 30.4 Å². The first-order chi connectivity index (χ1) is 23.0. The highest BCUT2D eigenvalue weighted by Crippen LogP contribution is 2.47. The maximum Gasteiger partial charge on any atom is 0.242 e. The molecule has 0 spiro atoms. The molecule has 3 atom stereocenters. The van der Waals surface area contributed by atoms with Crippen molar-refractivity contribution in [3.05, 3.63) is 0 Å². The van der Waals surface area contributed by atoms with Gasteiger partial charge in [-0.05, 0) is 56.8 Å². The minimum absolute atomic E-state index is 0.00430. The summed E-state index contributed by atoms with van der Waals surface area (Å²) in [6, 6.07) is -1.94. The average Bonchev–Trinajstić information content (AvgIpc) is 3.07. The second-order valence-corrected chi connectivity index (χ2v) is 15.0. The molecule has 3 unspecified atom stereocenters. The van der Waals surface area contributed by atoms with Crippen LogP contribution < -0.4 is 33.1 Å². The number of hydrogen-bond donors (Lipinski definition) is 7. The fourth-order valence-electron chi connectivity index (χ4n) is 4.79. The topological polar surface area (TPSA) is 252 Å². The van der Waals surface area contributed by atoms with Crippen molar-refractivity contribution in [3.8, 4) is 0 Å². The summed E-state index contributed by atoms with van der Waals surface area (Å²) in [5, 5.41) is 10.7. The van der Waals surface area contributed by atoms with E-state index in [4.69, 9.17) is 37.6 Å². The summed E-state index contributed by atoms with van der Waals surface area (Å²) in [6.07, 6.45) is 4.45. The minimum atomic E-state index is -2.86. The largest absolute Gasteiger partial charge is 0.377 e. The Kier molecular flexibility index (Phi) is 24.4. The molecule has 19 heteroatoms. The lowest BCUT2D eigenvalue weighted by Gasteiger charge is -2.31. The first-order valence-corrected chi connectivity index (χ1v) is 19.3. The van der Waals surface area contributed by atoms with E-state index in [2.05, 4.69) is 30.9 Å². The predicted molar refractivity (Wildman–Crippen MR) is 179 cm³/mol. The number of carbonyl (C=O) groups is 5. The Hall–Kier alpha value is -2.12.